The predicted octanol–water partition coefficient (Wildman–Crippen LogP) is 1.67. The molecule has 0 aromatic carbocycles. The Hall–Kier alpha value is -1.63. The topological polar surface area (TPSA) is 77.0 Å². The van der Waals surface area contributed by atoms with Crippen LogP contribution in [0.5, 0.6) is 0 Å². The number of aromatic nitrogens is 3. The number of carbonyl (C=O) groups excluding carboxylic acids is 1. The molecule has 0 saturated carbocycles. The van der Waals surface area contributed by atoms with Crippen molar-refractivity contribution in [3.63, 3.8) is 0 Å². The van der Waals surface area contributed by atoms with Gasteiger partial charge in [-0.3, -0.25) is 9.36 Å². The van der Waals surface area contributed by atoms with Crippen molar-refractivity contribution in [2.24, 2.45) is 5.73 Å². The van der Waals surface area contributed by atoms with Crippen LogP contribution in [-0.4, -0.2) is 44.5 Å². The lowest BCUT2D eigenvalue weighted by Gasteiger charge is -2.23. The maximum atomic E-state index is 12.6. The molecule has 1 fully saturated rings. The summed E-state index contributed by atoms with van der Waals surface area (Å²) in [4.78, 5) is 22.7. The van der Waals surface area contributed by atoms with Gasteiger partial charge >= 0.3 is 0 Å². The fourth-order valence-corrected chi connectivity index (χ4v) is 2.60. The van der Waals surface area contributed by atoms with E-state index in [4.69, 9.17) is 5.73 Å². The third-order valence-electron chi connectivity index (χ3n) is 3.67. The van der Waals surface area contributed by atoms with Crippen LogP contribution in [0.3, 0.4) is 0 Å². The number of pyridine rings is 1. The van der Waals surface area contributed by atoms with Crippen LogP contribution < -0.4 is 5.73 Å². The van der Waals surface area contributed by atoms with Crippen LogP contribution in [-0.2, 0) is 0 Å². The summed E-state index contributed by atoms with van der Waals surface area (Å²) in [6.07, 6.45) is 8.80. The molecule has 0 aliphatic carbocycles. The summed E-state index contributed by atoms with van der Waals surface area (Å²) in [5.74, 6) is 0.721. The molecule has 8 heteroatoms. The van der Waals surface area contributed by atoms with Gasteiger partial charge in [-0.25, -0.2) is 9.97 Å². The van der Waals surface area contributed by atoms with E-state index in [0.29, 0.717) is 17.9 Å². The van der Waals surface area contributed by atoms with Crippen LogP contribution >= 0.6 is 24.8 Å². The zero-order valence-electron chi connectivity index (χ0n) is 12.0. The molecular formula is C14H19Cl2N5O. The molecular weight excluding hydrogens is 325 g/mol. The van der Waals surface area contributed by atoms with Gasteiger partial charge in [0, 0.05) is 43.3 Å². The Bertz CT molecular complexity index is 605. The minimum Gasteiger partial charge on any atom is -0.334 e. The molecule has 3 heterocycles. The van der Waals surface area contributed by atoms with Crippen LogP contribution in [0.2, 0.25) is 0 Å². The van der Waals surface area contributed by atoms with Gasteiger partial charge in [-0.05, 0) is 25.0 Å². The van der Waals surface area contributed by atoms with Crippen molar-refractivity contribution >= 4 is 30.7 Å². The second-order valence-electron chi connectivity index (χ2n) is 4.90. The van der Waals surface area contributed by atoms with E-state index < -0.39 is 0 Å². The minimum absolute atomic E-state index is 0. The van der Waals surface area contributed by atoms with Gasteiger partial charge in [0.25, 0.3) is 5.91 Å². The van der Waals surface area contributed by atoms with Crippen LogP contribution in [0.1, 0.15) is 23.2 Å². The molecule has 2 aromatic rings. The number of amides is 1. The highest BCUT2D eigenvalue weighted by molar-refractivity contribution is 5.95. The molecule has 1 unspecified atom stereocenters. The molecule has 22 heavy (non-hydrogen) atoms. The largest absolute Gasteiger partial charge is 0.334 e. The van der Waals surface area contributed by atoms with Gasteiger partial charge in [-0.2, -0.15) is 0 Å². The van der Waals surface area contributed by atoms with Crippen molar-refractivity contribution in [2.45, 2.75) is 18.9 Å². The average Bonchev–Trinajstić information content (AvgIpc) is 3.17. The highest BCUT2D eigenvalue weighted by Gasteiger charge is 2.28. The number of nitrogens with zero attached hydrogens (tertiary/aromatic N) is 4. The Labute approximate surface area is 141 Å². The molecule has 1 atom stereocenters. The number of rotatable bonds is 3. The van der Waals surface area contributed by atoms with E-state index in [-0.39, 0.29) is 36.8 Å². The van der Waals surface area contributed by atoms with Gasteiger partial charge in [0.1, 0.15) is 12.1 Å². The zero-order chi connectivity index (χ0) is 13.9. The second kappa shape index (κ2) is 8.12. The molecule has 1 amide bonds. The van der Waals surface area contributed by atoms with Crippen molar-refractivity contribution in [3.8, 4) is 5.82 Å². The van der Waals surface area contributed by atoms with E-state index in [0.717, 1.165) is 19.4 Å². The van der Waals surface area contributed by atoms with Gasteiger partial charge in [0.05, 0.1) is 0 Å². The van der Waals surface area contributed by atoms with Crippen LogP contribution in [0.15, 0.2) is 37.1 Å². The third-order valence-corrected chi connectivity index (χ3v) is 3.67. The van der Waals surface area contributed by atoms with E-state index in [1.54, 1.807) is 41.6 Å². The first-order chi connectivity index (χ1) is 9.79. The lowest BCUT2D eigenvalue weighted by Crippen LogP contribution is -2.39. The Balaban J connectivity index is 0.00000121. The molecule has 120 valence electrons. The van der Waals surface area contributed by atoms with E-state index in [1.165, 1.54) is 0 Å². The Kier molecular flexibility index (Phi) is 6.80. The van der Waals surface area contributed by atoms with Crippen LogP contribution in [0, 0.1) is 0 Å². The average molecular weight is 344 g/mol. The normalized spacial score (nSPS) is 16.8. The smallest absolute Gasteiger partial charge is 0.254 e. The Morgan fingerprint density at radius 1 is 1.36 bits per heavy atom. The molecule has 1 aliphatic heterocycles. The van der Waals surface area contributed by atoms with E-state index in [2.05, 4.69) is 9.97 Å². The van der Waals surface area contributed by atoms with E-state index in [9.17, 15) is 4.79 Å². The summed E-state index contributed by atoms with van der Waals surface area (Å²) in [5.41, 5.74) is 6.37. The minimum atomic E-state index is 0. The van der Waals surface area contributed by atoms with Gasteiger partial charge in [0.2, 0.25) is 0 Å². The third kappa shape index (κ3) is 3.58. The van der Waals surface area contributed by atoms with Crippen LogP contribution in [0.4, 0.5) is 0 Å². The molecule has 0 bridgehead atoms. The number of hydrogen-bond acceptors (Lipinski definition) is 4. The van der Waals surface area contributed by atoms with Crippen molar-refractivity contribution < 1.29 is 4.79 Å². The van der Waals surface area contributed by atoms with Crippen molar-refractivity contribution in [1.82, 2.24) is 19.4 Å². The highest BCUT2D eigenvalue weighted by atomic mass is 35.5. The summed E-state index contributed by atoms with van der Waals surface area (Å²) < 4.78 is 1.78. The fraction of sp³-hybridized carbons (Fsp3) is 0.357. The van der Waals surface area contributed by atoms with Gasteiger partial charge in [-0.15, -0.1) is 24.8 Å². The second-order valence-corrected chi connectivity index (χ2v) is 4.90. The van der Waals surface area contributed by atoms with Crippen molar-refractivity contribution in [1.29, 1.82) is 0 Å². The summed E-state index contributed by atoms with van der Waals surface area (Å²) in [6, 6.07) is 3.69. The molecule has 6 nitrogen and oxygen atoms in total. The van der Waals surface area contributed by atoms with E-state index >= 15 is 0 Å². The van der Waals surface area contributed by atoms with Gasteiger partial charge < -0.3 is 10.6 Å². The monoisotopic (exact) mass is 343 g/mol. The first-order valence-electron chi connectivity index (χ1n) is 6.75. The van der Waals surface area contributed by atoms with Gasteiger partial charge in [0.15, 0.2) is 0 Å². The van der Waals surface area contributed by atoms with E-state index in [1.807, 2.05) is 4.90 Å². The number of imidazole rings is 1. The maximum absolute atomic E-state index is 12.6. The number of nitrogens with two attached hydrogens (primary N) is 1. The molecule has 1 saturated heterocycles. The van der Waals surface area contributed by atoms with Gasteiger partial charge in [-0.1, -0.05) is 0 Å². The summed E-state index contributed by atoms with van der Waals surface area (Å²) in [6.45, 7) is 1.30. The quantitative estimate of drug-likeness (QED) is 0.919. The molecule has 2 aromatic heterocycles. The predicted molar refractivity (Wildman–Crippen MR) is 89.0 cm³/mol. The Morgan fingerprint density at radius 2 is 2.18 bits per heavy atom. The zero-order valence-corrected chi connectivity index (χ0v) is 13.6. The molecule has 2 N–H and O–H groups in total. The SMILES string of the molecule is Cl.Cl.NCC1CCCN1C(=O)c1ccnc(-n2ccnc2)c1. The fourth-order valence-electron chi connectivity index (χ4n) is 2.60. The number of halogens is 2. The first kappa shape index (κ1) is 18.4. The molecule has 0 spiro atoms. The van der Waals surface area contributed by atoms with Crippen molar-refractivity contribution in [3.05, 3.63) is 42.6 Å². The lowest BCUT2D eigenvalue weighted by molar-refractivity contribution is 0.0741. The summed E-state index contributed by atoms with van der Waals surface area (Å²) >= 11 is 0. The number of likely N-dealkylation sites (tertiary alicyclic amines) is 1. The summed E-state index contributed by atoms with van der Waals surface area (Å²) in [5, 5.41) is 0. The van der Waals surface area contributed by atoms with Crippen molar-refractivity contribution in [2.75, 3.05) is 13.1 Å². The standard InChI is InChI=1S/C14H17N5O.2ClH/c15-9-12-2-1-6-19(12)14(20)11-3-4-17-13(8-11)18-7-5-16-10-18;;/h3-5,7-8,10,12H,1-2,6,9,15H2;2*1H. The highest BCUT2D eigenvalue weighted by Crippen LogP contribution is 2.19. The number of hydrogen-bond donors (Lipinski definition) is 1. The summed E-state index contributed by atoms with van der Waals surface area (Å²) in [7, 11) is 0. The Morgan fingerprint density at radius 3 is 2.86 bits per heavy atom. The lowest BCUT2D eigenvalue weighted by atomic mass is 10.2. The number of carbonyl (C=O) groups is 1. The molecule has 0 radical (unpaired) electrons. The van der Waals surface area contributed by atoms with Crippen LogP contribution in [0.25, 0.3) is 5.82 Å². The maximum Gasteiger partial charge on any atom is 0.254 e. The first-order valence-corrected chi connectivity index (χ1v) is 6.75. The molecule has 1 aliphatic rings. The molecule has 3 rings (SSSR count).